The molecule has 0 fully saturated rings. The molecule has 0 amide bonds. The van der Waals surface area contributed by atoms with Gasteiger partial charge >= 0.3 is 14.8 Å². The van der Waals surface area contributed by atoms with Crippen molar-refractivity contribution in [2.45, 2.75) is 45.3 Å². The van der Waals surface area contributed by atoms with E-state index in [1.54, 1.807) is 0 Å². The van der Waals surface area contributed by atoms with Crippen LogP contribution in [0.4, 0.5) is 0 Å². The molecule has 3 heteroatoms. The Labute approximate surface area is 105 Å². The monoisotopic (exact) mass is 240 g/mol. The first-order valence-corrected chi connectivity index (χ1v) is 8.44. The van der Waals surface area contributed by atoms with E-state index in [0.29, 0.717) is 13.2 Å². The lowest BCUT2D eigenvalue weighted by Crippen LogP contribution is -2.18. The number of hydrogen-bond donors (Lipinski definition) is 0. The molecule has 0 saturated heterocycles. The third-order valence-electron chi connectivity index (χ3n) is 2.10. The van der Waals surface area contributed by atoms with E-state index in [-0.39, 0.29) is 0 Å². The van der Waals surface area contributed by atoms with Crippen molar-refractivity contribution in [2.75, 3.05) is 13.2 Å². The van der Waals surface area contributed by atoms with Crippen molar-refractivity contribution < 1.29 is 7.58 Å². The van der Waals surface area contributed by atoms with E-state index in [9.17, 15) is 0 Å². The van der Waals surface area contributed by atoms with Crippen LogP contribution >= 0.6 is 0 Å². The van der Waals surface area contributed by atoms with Crippen molar-refractivity contribution in [3.63, 3.8) is 0 Å². The highest BCUT2D eigenvalue weighted by atomic mass is 27.2. The van der Waals surface area contributed by atoms with Gasteiger partial charge in [0, 0.05) is 13.2 Å². The standard InChI is InChI=1S/2C6H11O.CH3.Al/c2*1-2-3-4-5-6-7;;/h2*4-5H,2-3,6H2,1H3;1H3;/q2*-1;;+2. The van der Waals surface area contributed by atoms with Gasteiger partial charge < -0.3 is 7.58 Å². The van der Waals surface area contributed by atoms with Crippen molar-refractivity contribution in [3.05, 3.63) is 24.3 Å². The van der Waals surface area contributed by atoms with Gasteiger partial charge in [0.05, 0.1) is 0 Å². The second kappa shape index (κ2) is 13.0. The topological polar surface area (TPSA) is 18.5 Å². The molecule has 0 aromatic heterocycles. The van der Waals surface area contributed by atoms with Gasteiger partial charge in [0.2, 0.25) is 0 Å². The summed E-state index contributed by atoms with van der Waals surface area (Å²) in [4.78, 5) is 0. The van der Waals surface area contributed by atoms with Gasteiger partial charge in [0.15, 0.2) is 0 Å². The van der Waals surface area contributed by atoms with Crippen LogP contribution in [-0.2, 0) is 7.58 Å². The minimum absolute atomic E-state index is 0.700. The van der Waals surface area contributed by atoms with E-state index >= 15 is 0 Å². The molecule has 0 radical (unpaired) electrons. The Kier molecular flexibility index (Phi) is 12.9. The van der Waals surface area contributed by atoms with Crippen molar-refractivity contribution in [1.29, 1.82) is 0 Å². The maximum atomic E-state index is 5.59. The molecule has 0 atom stereocenters. The largest absolute Gasteiger partial charge is 0.671 e. The summed E-state index contributed by atoms with van der Waals surface area (Å²) in [6.45, 7) is 5.75. The summed E-state index contributed by atoms with van der Waals surface area (Å²) in [7, 11) is 0. The third-order valence-corrected chi connectivity index (χ3v) is 3.42. The Balaban J connectivity index is 3.33. The highest BCUT2D eigenvalue weighted by Crippen LogP contribution is 1.94. The van der Waals surface area contributed by atoms with E-state index in [2.05, 4.69) is 43.9 Å². The van der Waals surface area contributed by atoms with Gasteiger partial charge in [-0.25, -0.2) is 0 Å². The number of rotatable bonds is 10. The molecule has 0 aliphatic rings. The Morgan fingerprint density at radius 2 is 1.25 bits per heavy atom. The van der Waals surface area contributed by atoms with E-state index in [1.807, 2.05) is 0 Å². The molecule has 0 rings (SSSR count). The molecule has 92 valence electrons. The van der Waals surface area contributed by atoms with Crippen LogP contribution in [0.25, 0.3) is 0 Å². The molecule has 0 aromatic rings. The van der Waals surface area contributed by atoms with E-state index < -0.39 is 14.8 Å². The van der Waals surface area contributed by atoms with Crippen LogP contribution in [0.15, 0.2) is 24.3 Å². The van der Waals surface area contributed by atoms with Crippen LogP contribution in [0.3, 0.4) is 0 Å². The molecular weight excluding hydrogens is 215 g/mol. The molecule has 0 bridgehead atoms. The zero-order chi connectivity index (χ0) is 12.1. The van der Waals surface area contributed by atoms with Crippen molar-refractivity contribution >= 4 is 14.8 Å². The minimum atomic E-state index is -1.41. The molecule has 2 nitrogen and oxygen atoms in total. The van der Waals surface area contributed by atoms with Crippen LogP contribution in [0.1, 0.15) is 39.5 Å². The molecule has 0 aromatic carbocycles. The molecule has 0 heterocycles. The number of allylic oxidation sites excluding steroid dienone is 2. The maximum Gasteiger partial charge on any atom is 0.671 e. The summed E-state index contributed by atoms with van der Waals surface area (Å²) in [5.41, 5.74) is 0. The zero-order valence-electron chi connectivity index (χ0n) is 10.9. The predicted octanol–water partition coefficient (Wildman–Crippen LogP) is 3.85. The van der Waals surface area contributed by atoms with E-state index in [0.717, 1.165) is 12.8 Å². The lowest BCUT2D eigenvalue weighted by atomic mass is 10.3. The first-order valence-electron chi connectivity index (χ1n) is 6.34. The summed E-state index contributed by atoms with van der Waals surface area (Å²) in [6, 6.07) is 0. The molecular formula is C13H25AlO2. The molecule has 0 spiro atoms. The van der Waals surface area contributed by atoms with Gasteiger partial charge in [0.1, 0.15) is 0 Å². The second-order valence-electron chi connectivity index (χ2n) is 3.75. The molecule has 16 heavy (non-hydrogen) atoms. The number of unbranched alkanes of at least 4 members (excludes halogenated alkanes) is 2. The number of hydrogen-bond acceptors (Lipinski definition) is 2. The molecule has 0 aliphatic carbocycles. The summed E-state index contributed by atoms with van der Waals surface area (Å²) >= 11 is -1.41. The van der Waals surface area contributed by atoms with Gasteiger partial charge in [-0.1, -0.05) is 56.8 Å². The fraction of sp³-hybridized carbons (Fsp3) is 0.692. The normalized spacial score (nSPS) is 11.7. The molecule has 0 aliphatic heterocycles. The van der Waals surface area contributed by atoms with Crippen molar-refractivity contribution in [1.82, 2.24) is 0 Å². The van der Waals surface area contributed by atoms with Crippen LogP contribution < -0.4 is 0 Å². The Morgan fingerprint density at radius 1 is 0.812 bits per heavy atom. The Hall–Kier alpha value is -0.0675. The van der Waals surface area contributed by atoms with Gasteiger partial charge in [-0.3, -0.25) is 0 Å². The molecule has 0 N–H and O–H groups in total. The van der Waals surface area contributed by atoms with Crippen LogP contribution in [-0.4, -0.2) is 28.0 Å². The lowest BCUT2D eigenvalue weighted by molar-refractivity contribution is 0.238. The maximum absolute atomic E-state index is 5.59. The summed E-state index contributed by atoms with van der Waals surface area (Å²) in [5.74, 6) is 2.07. The Morgan fingerprint density at radius 3 is 1.62 bits per heavy atom. The fourth-order valence-electron chi connectivity index (χ4n) is 1.14. The Bertz CT molecular complexity index is 170. The first kappa shape index (κ1) is 15.9. The molecule has 0 saturated carbocycles. The van der Waals surface area contributed by atoms with E-state index in [4.69, 9.17) is 7.58 Å². The zero-order valence-corrected chi connectivity index (χ0v) is 12.1. The van der Waals surface area contributed by atoms with Crippen molar-refractivity contribution in [3.8, 4) is 0 Å². The van der Waals surface area contributed by atoms with Crippen LogP contribution in [0.2, 0.25) is 5.79 Å². The van der Waals surface area contributed by atoms with Gasteiger partial charge in [-0.2, -0.15) is 0 Å². The van der Waals surface area contributed by atoms with Crippen molar-refractivity contribution in [2.24, 2.45) is 0 Å². The smallest absolute Gasteiger partial charge is 0.475 e. The highest BCUT2D eigenvalue weighted by Gasteiger charge is 2.14. The summed E-state index contributed by atoms with van der Waals surface area (Å²) in [6.07, 6.45) is 13.2. The quantitative estimate of drug-likeness (QED) is 0.426. The predicted molar refractivity (Wildman–Crippen MR) is 71.6 cm³/mol. The van der Waals surface area contributed by atoms with Crippen LogP contribution in [0.5, 0.6) is 0 Å². The first-order chi connectivity index (χ1) is 7.81. The van der Waals surface area contributed by atoms with Gasteiger partial charge in [-0.15, -0.1) is 0 Å². The lowest BCUT2D eigenvalue weighted by Gasteiger charge is -2.06. The molecule has 0 unspecified atom stereocenters. The average molecular weight is 240 g/mol. The van der Waals surface area contributed by atoms with E-state index in [1.165, 1.54) is 12.8 Å². The SMILES string of the molecule is CCCC=CC[O][Al]([CH3])[O]CC=CCCC. The van der Waals surface area contributed by atoms with Gasteiger partial charge in [0.25, 0.3) is 0 Å². The fourth-order valence-corrected chi connectivity index (χ4v) is 2.00. The third kappa shape index (κ3) is 12.0. The average Bonchev–Trinajstić information content (AvgIpc) is 2.28. The minimum Gasteiger partial charge on any atom is -0.475 e. The second-order valence-corrected chi connectivity index (χ2v) is 5.56. The van der Waals surface area contributed by atoms with Crippen LogP contribution in [0, 0.1) is 0 Å². The highest BCUT2D eigenvalue weighted by molar-refractivity contribution is 6.42. The summed E-state index contributed by atoms with van der Waals surface area (Å²) < 4.78 is 11.2. The van der Waals surface area contributed by atoms with Gasteiger partial charge in [-0.05, 0) is 12.8 Å². The summed E-state index contributed by atoms with van der Waals surface area (Å²) in [5, 5.41) is 0.